The van der Waals surface area contributed by atoms with Gasteiger partial charge in [-0.05, 0) is 53.4 Å². The first-order valence-electron chi connectivity index (χ1n) is 11.7. The van der Waals surface area contributed by atoms with E-state index in [1.807, 2.05) is 12.1 Å². The number of carbonyl (C=O) groups excluding carboxylic acids is 1. The molecule has 6 nitrogen and oxygen atoms in total. The smallest absolute Gasteiger partial charge is 0.255 e. The molecule has 1 fully saturated rings. The number of nitriles is 1. The Morgan fingerprint density at radius 3 is 2.56 bits per heavy atom. The Labute approximate surface area is 206 Å². The molecule has 3 aromatic carbocycles. The molecule has 1 aromatic heterocycles. The summed E-state index contributed by atoms with van der Waals surface area (Å²) in [6, 6.07) is 16.3. The van der Waals surface area contributed by atoms with Crippen molar-refractivity contribution in [3.63, 3.8) is 0 Å². The number of amides is 1. The normalized spacial score (nSPS) is 15.4. The summed E-state index contributed by atoms with van der Waals surface area (Å²) in [6.07, 6.45) is 2.43. The highest BCUT2D eigenvalue weighted by Gasteiger charge is 2.28. The van der Waals surface area contributed by atoms with Crippen LogP contribution in [0.15, 0.2) is 60.8 Å². The summed E-state index contributed by atoms with van der Waals surface area (Å²) >= 11 is 0. The third kappa shape index (κ3) is 4.13. The van der Waals surface area contributed by atoms with Crippen molar-refractivity contribution in [2.75, 3.05) is 19.7 Å². The largest absolute Gasteiger partial charge is 0.395 e. The number of halogens is 2. The van der Waals surface area contributed by atoms with Gasteiger partial charge in [-0.25, -0.2) is 8.78 Å². The highest BCUT2D eigenvalue weighted by molar-refractivity contribution is 5.99. The standard InChI is InChI=1S/C28H24F2N4O2/c29-25-13-18(12-23(24(25)15-31)28(36)34-8-6-19(32)16-34)20-3-1-2-4-21(20)22-11-17-5-7-33(9-10-35)27(17)14-26(22)30/h1-5,7,11-14,19,35H,6,8-10,16,32H2/t19-/m0/s1. The number of likely N-dealkylation sites (tertiary alicyclic amines) is 1. The molecule has 1 atom stereocenters. The lowest BCUT2D eigenvalue weighted by Crippen LogP contribution is -2.32. The minimum absolute atomic E-state index is 0.0339. The second-order valence-corrected chi connectivity index (χ2v) is 8.96. The fourth-order valence-electron chi connectivity index (χ4n) is 4.88. The summed E-state index contributed by atoms with van der Waals surface area (Å²) in [6.45, 7) is 1.06. The zero-order chi connectivity index (χ0) is 25.4. The number of carbonyl (C=O) groups is 1. The Morgan fingerprint density at radius 2 is 1.86 bits per heavy atom. The Bertz CT molecular complexity index is 1520. The number of hydrogen-bond donors (Lipinski definition) is 2. The first-order chi connectivity index (χ1) is 17.4. The molecule has 3 N–H and O–H groups in total. The average Bonchev–Trinajstić information content (AvgIpc) is 3.48. The molecule has 4 aromatic rings. The Balaban J connectivity index is 1.64. The minimum atomic E-state index is -0.811. The number of fused-ring (bicyclic) bond motifs is 1. The van der Waals surface area contributed by atoms with Gasteiger partial charge in [0.1, 0.15) is 23.3 Å². The fourth-order valence-corrected chi connectivity index (χ4v) is 4.88. The van der Waals surface area contributed by atoms with Gasteiger partial charge in [0.25, 0.3) is 5.91 Å². The minimum Gasteiger partial charge on any atom is -0.395 e. The summed E-state index contributed by atoms with van der Waals surface area (Å²) < 4.78 is 32.3. The summed E-state index contributed by atoms with van der Waals surface area (Å²) in [4.78, 5) is 14.7. The van der Waals surface area contributed by atoms with Crippen LogP contribution in [0, 0.1) is 23.0 Å². The number of nitrogens with two attached hydrogens (primary N) is 1. The fraction of sp³-hybridized carbons (Fsp3) is 0.214. The average molecular weight is 487 g/mol. The van der Waals surface area contributed by atoms with Crippen LogP contribution in [0.5, 0.6) is 0 Å². The molecule has 2 heterocycles. The first kappa shape index (κ1) is 23.7. The zero-order valence-corrected chi connectivity index (χ0v) is 19.4. The molecule has 36 heavy (non-hydrogen) atoms. The molecule has 1 aliphatic rings. The zero-order valence-electron chi connectivity index (χ0n) is 19.4. The molecular weight excluding hydrogens is 462 g/mol. The molecule has 0 aliphatic carbocycles. The van der Waals surface area contributed by atoms with E-state index in [1.54, 1.807) is 41.1 Å². The maximum absolute atomic E-state index is 15.4. The maximum atomic E-state index is 15.4. The monoisotopic (exact) mass is 486 g/mol. The Morgan fingerprint density at radius 1 is 1.08 bits per heavy atom. The van der Waals surface area contributed by atoms with Gasteiger partial charge in [0, 0.05) is 42.8 Å². The predicted molar refractivity (Wildman–Crippen MR) is 133 cm³/mol. The maximum Gasteiger partial charge on any atom is 0.255 e. The van der Waals surface area contributed by atoms with E-state index in [9.17, 15) is 15.2 Å². The van der Waals surface area contributed by atoms with Crippen LogP contribution < -0.4 is 5.73 Å². The van der Waals surface area contributed by atoms with Gasteiger partial charge in [-0.3, -0.25) is 4.79 Å². The van der Waals surface area contributed by atoms with Crippen LogP contribution in [0.4, 0.5) is 8.78 Å². The third-order valence-corrected chi connectivity index (χ3v) is 6.67. The molecule has 0 saturated carbocycles. The van der Waals surface area contributed by atoms with Gasteiger partial charge in [-0.1, -0.05) is 24.3 Å². The Kier molecular flexibility index (Phi) is 6.27. The number of hydrogen-bond acceptors (Lipinski definition) is 4. The molecule has 0 bridgehead atoms. The molecule has 1 amide bonds. The molecule has 182 valence electrons. The van der Waals surface area contributed by atoms with Gasteiger partial charge in [0.15, 0.2) is 0 Å². The number of aliphatic hydroxyl groups excluding tert-OH is 1. The van der Waals surface area contributed by atoms with E-state index in [0.29, 0.717) is 53.8 Å². The van der Waals surface area contributed by atoms with Crippen LogP contribution in [0.3, 0.4) is 0 Å². The van der Waals surface area contributed by atoms with Crippen molar-refractivity contribution in [1.29, 1.82) is 5.26 Å². The summed E-state index contributed by atoms with van der Waals surface area (Å²) in [5, 5.41) is 19.6. The van der Waals surface area contributed by atoms with Crippen molar-refractivity contribution in [2.24, 2.45) is 5.73 Å². The van der Waals surface area contributed by atoms with E-state index in [-0.39, 0.29) is 23.8 Å². The number of benzene rings is 3. The number of rotatable bonds is 5. The lowest BCUT2D eigenvalue weighted by atomic mass is 9.91. The van der Waals surface area contributed by atoms with Crippen LogP contribution in [-0.4, -0.2) is 46.2 Å². The second-order valence-electron chi connectivity index (χ2n) is 8.96. The third-order valence-electron chi connectivity index (χ3n) is 6.67. The van der Waals surface area contributed by atoms with Gasteiger partial charge < -0.3 is 20.3 Å². The Hall–Kier alpha value is -4.06. The second kappa shape index (κ2) is 9.53. The molecule has 5 rings (SSSR count). The van der Waals surface area contributed by atoms with Crippen molar-refractivity contribution >= 4 is 16.8 Å². The van der Waals surface area contributed by atoms with Crippen molar-refractivity contribution in [2.45, 2.75) is 19.0 Å². The molecule has 0 radical (unpaired) electrons. The van der Waals surface area contributed by atoms with Gasteiger partial charge in [0.05, 0.1) is 17.7 Å². The van der Waals surface area contributed by atoms with Gasteiger partial charge in [-0.2, -0.15) is 5.26 Å². The van der Waals surface area contributed by atoms with Crippen molar-refractivity contribution in [3.8, 4) is 28.3 Å². The molecular formula is C28H24F2N4O2. The predicted octanol–water partition coefficient (Wildman–Crippen LogP) is 4.29. The first-order valence-corrected chi connectivity index (χ1v) is 11.7. The van der Waals surface area contributed by atoms with Crippen LogP contribution in [0.2, 0.25) is 0 Å². The topological polar surface area (TPSA) is 95.3 Å². The van der Waals surface area contributed by atoms with E-state index < -0.39 is 17.5 Å². The molecule has 0 spiro atoms. The van der Waals surface area contributed by atoms with Crippen LogP contribution >= 0.6 is 0 Å². The molecule has 1 saturated heterocycles. The summed E-state index contributed by atoms with van der Waals surface area (Å²) in [5.41, 5.74) is 7.98. The summed E-state index contributed by atoms with van der Waals surface area (Å²) in [5.74, 6) is -1.73. The van der Waals surface area contributed by atoms with E-state index in [4.69, 9.17) is 5.73 Å². The van der Waals surface area contributed by atoms with E-state index in [1.165, 1.54) is 23.1 Å². The van der Waals surface area contributed by atoms with Crippen LogP contribution in [0.1, 0.15) is 22.3 Å². The highest BCUT2D eigenvalue weighted by atomic mass is 19.1. The number of nitrogens with zero attached hydrogens (tertiary/aromatic N) is 3. The quantitative estimate of drug-likeness (QED) is 0.440. The SMILES string of the molecule is N#Cc1c(F)cc(-c2ccccc2-c2cc3ccn(CCO)c3cc2F)cc1C(=O)N1CC[C@H](N)C1. The van der Waals surface area contributed by atoms with Crippen LogP contribution in [0.25, 0.3) is 33.2 Å². The number of aromatic nitrogens is 1. The van der Waals surface area contributed by atoms with Gasteiger partial charge in [-0.15, -0.1) is 0 Å². The lowest BCUT2D eigenvalue weighted by molar-refractivity contribution is 0.0790. The highest BCUT2D eigenvalue weighted by Crippen LogP contribution is 2.37. The van der Waals surface area contributed by atoms with Crippen LogP contribution in [-0.2, 0) is 6.54 Å². The van der Waals surface area contributed by atoms with Gasteiger partial charge >= 0.3 is 0 Å². The van der Waals surface area contributed by atoms with Crippen molar-refractivity contribution in [1.82, 2.24) is 9.47 Å². The van der Waals surface area contributed by atoms with Crippen molar-refractivity contribution < 1.29 is 18.7 Å². The van der Waals surface area contributed by atoms with E-state index in [0.717, 1.165) is 5.39 Å². The van der Waals surface area contributed by atoms with Crippen molar-refractivity contribution in [3.05, 3.63) is 83.6 Å². The van der Waals surface area contributed by atoms with E-state index in [2.05, 4.69) is 0 Å². The van der Waals surface area contributed by atoms with E-state index >= 15 is 8.78 Å². The summed E-state index contributed by atoms with van der Waals surface area (Å²) in [7, 11) is 0. The molecule has 1 aliphatic heterocycles. The van der Waals surface area contributed by atoms with Gasteiger partial charge in [0.2, 0.25) is 0 Å². The molecule has 8 heteroatoms. The lowest BCUT2D eigenvalue weighted by Gasteiger charge is -2.18. The molecule has 0 unspecified atom stereocenters. The number of aliphatic hydroxyl groups is 1.